The normalized spacial score (nSPS) is 19.6. The first-order chi connectivity index (χ1) is 9.20. The molecular weight excluding hydrogens is 236 g/mol. The van der Waals surface area contributed by atoms with E-state index in [1.807, 2.05) is 0 Å². The Hall–Kier alpha value is -1.82. The molecule has 3 nitrogen and oxygen atoms in total. The highest BCUT2D eigenvalue weighted by Crippen LogP contribution is 2.40. The van der Waals surface area contributed by atoms with E-state index < -0.39 is 0 Å². The van der Waals surface area contributed by atoms with Crippen LogP contribution in [-0.4, -0.2) is 22.9 Å². The van der Waals surface area contributed by atoms with Crippen molar-refractivity contribution in [3.63, 3.8) is 0 Å². The van der Waals surface area contributed by atoms with E-state index in [-0.39, 0.29) is 5.91 Å². The topological polar surface area (TPSA) is 44.1 Å². The molecule has 0 aliphatic heterocycles. The molecule has 2 aliphatic rings. The highest BCUT2D eigenvalue weighted by molar-refractivity contribution is 5.95. The number of benzene rings is 1. The average Bonchev–Trinajstić information content (AvgIpc) is 3.30. The number of hydrogen-bond acceptors (Lipinski definition) is 2. The van der Waals surface area contributed by atoms with Crippen molar-refractivity contribution >= 4 is 5.91 Å². The summed E-state index contributed by atoms with van der Waals surface area (Å²) in [6, 6.07) is 9.88. The van der Waals surface area contributed by atoms with Gasteiger partial charge < -0.3 is 4.90 Å². The Bertz CT molecular complexity index is 521. The van der Waals surface area contributed by atoms with Crippen LogP contribution in [0.4, 0.5) is 0 Å². The molecule has 0 saturated heterocycles. The van der Waals surface area contributed by atoms with Crippen LogP contribution in [0.1, 0.15) is 48.5 Å². The highest BCUT2D eigenvalue weighted by Gasteiger charge is 2.41. The van der Waals surface area contributed by atoms with E-state index in [1.165, 1.54) is 12.8 Å². The summed E-state index contributed by atoms with van der Waals surface area (Å²) in [6.45, 7) is 2.18. The van der Waals surface area contributed by atoms with Gasteiger partial charge in [-0.3, -0.25) is 4.79 Å². The van der Waals surface area contributed by atoms with E-state index in [9.17, 15) is 4.79 Å². The lowest BCUT2D eigenvalue weighted by Gasteiger charge is -2.29. The van der Waals surface area contributed by atoms with Crippen LogP contribution in [-0.2, 0) is 0 Å². The first kappa shape index (κ1) is 12.2. The van der Waals surface area contributed by atoms with Crippen molar-refractivity contribution in [1.82, 2.24) is 4.90 Å². The third kappa shape index (κ3) is 2.49. The summed E-state index contributed by atoms with van der Waals surface area (Å²) in [5.41, 5.74) is 1.31. The van der Waals surface area contributed by atoms with Crippen molar-refractivity contribution in [1.29, 1.82) is 5.26 Å². The predicted octanol–water partition coefficient (Wildman–Crippen LogP) is 2.96. The largest absolute Gasteiger partial charge is 0.333 e. The number of carbonyl (C=O) groups is 1. The van der Waals surface area contributed by atoms with Gasteiger partial charge in [-0.05, 0) is 62.8 Å². The molecule has 2 fully saturated rings. The predicted molar refractivity (Wildman–Crippen MR) is 72.5 cm³/mol. The van der Waals surface area contributed by atoms with Crippen LogP contribution in [0.2, 0.25) is 0 Å². The lowest BCUT2D eigenvalue weighted by Crippen LogP contribution is -2.41. The number of nitriles is 1. The third-order valence-electron chi connectivity index (χ3n) is 4.18. The van der Waals surface area contributed by atoms with Crippen molar-refractivity contribution in [2.24, 2.45) is 5.92 Å². The molecule has 0 radical (unpaired) electrons. The van der Waals surface area contributed by atoms with Crippen LogP contribution in [0.25, 0.3) is 0 Å². The van der Waals surface area contributed by atoms with Crippen molar-refractivity contribution in [2.75, 3.05) is 0 Å². The number of rotatable bonds is 4. The lowest BCUT2D eigenvalue weighted by molar-refractivity contribution is 0.0654. The van der Waals surface area contributed by atoms with Crippen molar-refractivity contribution in [3.05, 3.63) is 35.4 Å². The molecule has 0 unspecified atom stereocenters. The monoisotopic (exact) mass is 254 g/mol. The van der Waals surface area contributed by atoms with Gasteiger partial charge in [0.15, 0.2) is 0 Å². The Labute approximate surface area is 113 Å². The molecule has 3 heteroatoms. The summed E-state index contributed by atoms with van der Waals surface area (Å²) in [7, 11) is 0. The molecule has 0 aromatic heterocycles. The summed E-state index contributed by atoms with van der Waals surface area (Å²) in [5.74, 6) is 0.828. The second-order valence-electron chi connectivity index (χ2n) is 5.71. The smallest absolute Gasteiger partial charge is 0.254 e. The van der Waals surface area contributed by atoms with E-state index in [2.05, 4.69) is 17.9 Å². The molecule has 2 saturated carbocycles. The molecule has 98 valence electrons. The second-order valence-corrected chi connectivity index (χ2v) is 5.71. The SMILES string of the molecule is C[C@H](C1CC1)N(C(=O)c1ccc(C#N)cc1)C1CC1. The van der Waals surface area contributed by atoms with Gasteiger partial charge in [-0.1, -0.05) is 0 Å². The molecule has 0 spiro atoms. The first-order valence-electron chi connectivity index (χ1n) is 7.03. The second kappa shape index (κ2) is 4.70. The summed E-state index contributed by atoms with van der Waals surface area (Å²) in [6.07, 6.45) is 4.79. The standard InChI is InChI=1S/C16H18N2O/c1-11(13-6-7-13)18(15-8-9-15)16(19)14-4-2-12(10-17)3-5-14/h2-5,11,13,15H,6-9H2,1H3/t11-/m1/s1. The number of amides is 1. The van der Waals surface area contributed by atoms with Crippen molar-refractivity contribution in [3.8, 4) is 6.07 Å². The van der Waals surface area contributed by atoms with Gasteiger partial charge in [0.1, 0.15) is 0 Å². The molecule has 3 rings (SSSR count). The van der Waals surface area contributed by atoms with Gasteiger partial charge in [-0.25, -0.2) is 0 Å². The maximum absolute atomic E-state index is 12.6. The fourth-order valence-corrected chi connectivity index (χ4v) is 2.68. The molecule has 19 heavy (non-hydrogen) atoms. The summed E-state index contributed by atoms with van der Waals surface area (Å²) in [4.78, 5) is 14.7. The zero-order valence-electron chi connectivity index (χ0n) is 11.2. The molecule has 0 bridgehead atoms. The minimum Gasteiger partial charge on any atom is -0.333 e. The van der Waals surface area contributed by atoms with Crippen LogP contribution in [0.15, 0.2) is 24.3 Å². The zero-order chi connectivity index (χ0) is 13.4. The summed E-state index contributed by atoms with van der Waals surface area (Å²) < 4.78 is 0. The number of hydrogen-bond donors (Lipinski definition) is 0. The van der Waals surface area contributed by atoms with Gasteiger partial charge in [0.05, 0.1) is 11.6 Å². The van der Waals surface area contributed by atoms with Crippen LogP contribution in [0.5, 0.6) is 0 Å². The van der Waals surface area contributed by atoms with Crippen LogP contribution >= 0.6 is 0 Å². The molecule has 1 aromatic rings. The van der Waals surface area contributed by atoms with E-state index >= 15 is 0 Å². The van der Waals surface area contributed by atoms with Crippen molar-refractivity contribution < 1.29 is 4.79 Å². The van der Waals surface area contributed by atoms with Gasteiger partial charge in [0.2, 0.25) is 0 Å². The van der Waals surface area contributed by atoms with Crippen LogP contribution in [0, 0.1) is 17.2 Å². The lowest BCUT2D eigenvalue weighted by atomic mass is 10.1. The third-order valence-corrected chi connectivity index (χ3v) is 4.18. The van der Waals surface area contributed by atoms with E-state index in [4.69, 9.17) is 5.26 Å². The fraction of sp³-hybridized carbons (Fsp3) is 0.500. The first-order valence-corrected chi connectivity index (χ1v) is 7.03. The molecular formula is C16H18N2O. The van der Waals surface area contributed by atoms with Gasteiger partial charge in [-0.15, -0.1) is 0 Å². The quantitative estimate of drug-likeness (QED) is 0.829. The van der Waals surface area contributed by atoms with E-state index in [1.54, 1.807) is 24.3 Å². The molecule has 1 amide bonds. The molecule has 0 N–H and O–H groups in total. The van der Waals surface area contributed by atoms with Gasteiger partial charge >= 0.3 is 0 Å². The number of nitrogens with zero attached hydrogens (tertiary/aromatic N) is 2. The zero-order valence-corrected chi connectivity index (χ0v) is 11.2. The van der Waals surface area contributed by atoms with Crippen LogP contribution < -0.4 is 0 Å². The average molecular weight is 254 g/mol. The minimum atomic E-state index is 0.131. The molecule has 1 aromatic carbocycles. The van der Waals surface area contributed by atoms with Crippen LogP contribution in [0.3, 0.4) is 0 Å². The highest BCUT2D eigenvalue weighted by atomic mass is 16.2. The summed E-state index contributed by atoms with van der Waals surface area (Å²) in [5, 5.41) is 8.80. The molecule has 2 aliphatic carbocycles. The Morgan fingerprint density at radius 2 is 1.89 bits per heavy atom. The van der Waals surface area contributed by atoms with E-state index in [0.717, 1.165) is 12.8 Å². The van der Waals surface area contributed by atoms with Gasteiger partial charge in [0.25, 0.3) is 5.91 Å². The molecule has 0 heterocycles. The van der Waals surface area contributed by atoms with Gasteiger partial charge in [-0.2, -0.15) is 5.26 Å². The van der Waals surface area contributed by atoms with Gasteiger partial charge in [0, 0.05) is 17.6 Å². The maximum atomic E-state index is 12.6. The maximum Gasteiger partial charge on any atom is 0.254 e. The number of carbonyl (C=O) groups excluding carboxylic acids is 1. The Morgan fingerprint density at radius 3 is 2.37 bits per heavy atom. The Morgan fingerprint density at radius 1 is 1.26 bits per heavy atom. The fourth-order valence-electron chi connectivity index (χ4n) is 2.68. The Balaban J connectivity index is 1.81. The Kier molecular flexibility index (Phi) is 3.02. The van der Waals surface area contributed by atoms with E-state index in [0.29, 0.717) is 29.1 Å². The minimum absolute atomic E-state index is 0.131. The molecule has 1 atom stereocenters. The summed E-state index contributed by atoms with van der Waals surface area (Å²) >= 11 is 0. The van der Waals surface area contributed by atoms with Crippen molar-refractivity contribution in [2.45, 2.75) is 44.7 Å².